The Kier molecular flexibility index (Phi) is 4.91. The van der Waals surface area contributed by atoms with Crippen molar-refractivity contribution in [2.75, 3.05) is 12.4 Å². The van der Waals surface area contributed by atoms with Crippen LogP contribution in [-0.4, -0.2) is 42.0 Å². The van der Waals surface area contributed by atoms with Gasteiger partial charge in [-0.05, 0) is 42.8 Å². The number of hydrogen-bond donors (Lipinski definition) is 1. The molecule has 0 radical (unpaired) electrons. The van der Waals surface area contributed by atoms with Crippen molar-refractivity contribution >= 4 is 22.7 Å². The molecule has 32 heavy (non-hydrogen) atoms. The first-order valence-corrected chi connectivity index (χ1v) is 9.96. The average molecular weight is 424 g/mol. The van der Waals surface area contributed by atoms with E-state index in [2.05, 4.69) is 30.6 Å². The fraction of sp³-hybridized carbons (Fsp3) is 0.130. The lowest BCUT2D eigenvalue weighted by Gasteiger charge is -2.07. The van der Waals surface area contributed by atoms with Crippen LogP contribution in [0.15, 0.2) is 61.2 Å². The van der Waals surface area contributed by atoms with Crippen molar-refractivity contribution < 1.29 is 4.74 Å². The Morgan fingerprint density at radius 2 is 1.78 bits per heavy atom. The van der Waals surface area contributed by atoms with Gasteiger partial charge >= 0.3 is 0 Å². The lowest BCUT2D eigenvalue weighted by atomic mass is 10.0. The van der Waals surface area contributed by atoms with E-state index in [4.69, 9.17) is 9.72 Å². The first-order chi connectivity index (χ1) is 15.6. The summed E-state index contributed by atoms with van der Waals surface area (Å²) in [6, 6.07) is 11.5. The van der Waals surface area contributed by atoms with E-state index in [1.54, 1.807) is 24.2 Å². The molecule has 0 aliphatic rings. The second-order valence-electron chi connectivity index (χ2n) is 7.36. The quantitative estimate of drug-likeness (QED) is 0.452. The largest absolute Gasteiger partial charge is 0.481 e. The molecule has 0 bridgehead atoms. The minimum Gasteiger partial charge on any atom is -0.481 e. The highest BCUT2D eigenvalue weighted by Gasteiger charge is 2.14. The number of ether oxygens (including phenoxy) is 1. The van der Waals surface area contributed by atoms with Crippen LogP contribution >= 0.6 is 0 Å². The summed E-state index contributed by atoms with van der Waals surface area (Å²) < 4.78 is 6.94. The summed E-state index contributed by atoms with van der Waals surface area (Å²) in [5.41, 5.74) is 6.14. The van der Waals surface area contributed by atoms with Crippen LogP contribution in [0.4, 0.5) is 11.6 Å². The summed E-state index contributed by atoms with van der Waals surface area (Å²) in [4.78, 5) is 13.6. The molecule has 0 saturated heterocycles. The lowest BCUT2D eigenvalue weighted by Crippen LogP contribution is -1.98. The maximum atomic E-state index is 5.16. The van der Waals surface area contributed by atoms with Crippen LogP contribution in [0.1, 0.15) is 5.56 Å². The number of nitrogens with zero attached hydrogens (tertiary/aromatic N) is 7. The van der Waals surface area contributed by atoms with Gasteiger partial charge in [-0.1, -0.05) is 0 Å². The molecule has 9 nitrogen and oxygen atoms in total. The standard InChI is InChI=1S/C23H20N8O/c1-14-8-21(29-26-10-14)28-20-6-5-18-19(27-20)9-16(12-24-18)17-13-31(2)30-23(17)15-4-7-22(32-3)25-11-15/h4-13H,1-3H3,(H,27,28,29). The fourth-order valence-corrected chi connectivity index (χ4v) is 3.43. The predicted octanol–water partition coefficient (Wildman–Crippen LogP) is 3.94. The monoisotopic (exact) mass is 424 g/mol. The smallest absolute Gasteiger partial charge is 0.212 e. The van der Waals surface area contributed by atoms with Gasteiger partial charge in [0, 0.05) is 48.4 Å². The van der Waals surface area contributed by atoms with Gasteiger partial charge in [-0.25, -0.2) is 9.97 Å². The first-order valence-electron chi connectivity index (χ1n) is 9.96. The molecule has 0 saturated carbocycles. The van der Waals surface area contributed by atoms with Gasteiger partial charge < -0.3 is 10.1 Å². The Bertz CT molecular complexity index is 1410. The second kappa shape index (κ2) is 8.03. The number of fused-ring (bicyclic) bond motifs is 1. The maximum Gasteiger partial charge on any atom is 0.212 e. The summed E-state index contributed by atoms with van der Waals surface area (Å²) in [5.74, 6) is 1.87. The van der Waals surface area contributed by atoms with E-state index >= 15 is 0 Å². The number of aryl methyl sites for hydroxylation is 2. The van der Waals surface area contributed by atoms with E-state index in [1.807, 2.05) is 62.8 Å². The summed E-state index contributed by atoms with van der Waals surface area (Å²) in [6.45, 7) is 1.97. The molecule has 0 fully saturated rings. The molecular weight excluding hydrogens is 404 g/mol. The van der Waals surface area contributed by atoms with E-state index in [0.717, 1.165) is 39.0 Å². The van der Waals surface area contributed by atoms with Crippen LogP contribution in [0.25, 0.3) is 33.4 Å². The minimum absolute atomic E-state index is 0.557. The van der Waals surface area contributed by atoms with Gasteiger partial charge in [0.15, 0.2) is 5.82 Å². The molecule has 0 aliphatic carbocycles. The second-order valence-corrected chi connectivity index (χ2v) is 7.36. The van der Waals surface area contributed by atoms with Crippen molar-refractivity contribution in [2.45, 2.75) is 6.92 Å². The van der Waals surface area contributed by atoms with Gasteiger partial charge in [0.05, 0.1) is 24.3 Å². The van der Waals surface area contributed by atoms with E-state index in [-0.39, 0.29) is 0 Å². The lowest BCUT2D eigenvalue weighted by molar-refractivity contribution is 0.398. The summed E-state index contributed by atoms with van der Waals surface area (Å²) in [6.07, 6.45) is 7.26. The molecular formula is C23H20N8O. The van der Waals surface area contributed by atoms with Crippen LogP contribution in [0.3, 0.4) is 0 Å². The normalized spacial score (nSPS) is 11.0. The average Bonchev–Trinajstić information content (AvgIpc) is 3.20. The zero-order valence-corrected chi connectivity index (χ0v) is 17.8. The predicted molar refractivity (Wildman–Crippen MR) is 122 cm³/mol. The molecule has 5 aromatic heterocycles. The van der Waals surface area contributed by atoms with Crippen molar-refractivity contribution in [3.63, 3.8) is 0 Å². The van der Waals surface area contributed by atoms with Crippen molar-refractivity contribution in [2.24, 2.45) is 7.05 Å². The van der Waals surface area contributed by atoms with Crippen molar-refractivity contribution in [1.82, 2.24) is 34.9 Å². The third-order valence-electron chi connectivity index (χ3n) is 4.94. The van der Waals surface area contributed by atoms with Gasteiger partial charge in [-0.3, -0.25) is 9.67 Å². The highest BCUT2D eigenvalue weighted by molar-refractivity contribution is 5.86. The highest BCUT2D eigenvalue weighted by atomic mass is 16.5. The number of methoxy groups -OCH3 is 1. The van der Waals surface area contributed by atoms with Crippen molar-refractivity contribution in [1.29, 1.82) is 0 Å². The Balaban J connectivity index is 1.53. The van der Waals surface area contributed by atoms with E-state index in [0.29, 0.717) is 17.5 Å². The zero-order valence-electron chi connectivity index (χ0n) is 17.8. The molecule has 158 valence electrons. The fourth-order valence-electron chi connectivity index (χ4n) is 3.43. The topological polar surface area (TPSA) is 104 Å². The molecule has 0 amide bonds. The third-order valence-corrected chi connectivity index (χ3v) is 4.94. The Morgan fingerprint density at radius 1 is 0.906 bits per heavy atom. The molecule has 0 atom stereocenters. The number of rotatable bonds is 5. The van der Waals surface area contributed by atoms with Gasteiger partial charge in [0.2, 0.25) is 5.88 Å². The minimum atomic E-state index is 0.557. The molecule has 0 aliphatic heterocycles. The third kappa shape index (κ3) is 3.83. The van der Waals surface area contributed by atoms with E-state index in [9.17, 15) is 0 Å². The van der Waals surface area contributed by atoms with Crippen LogP contribution in [-0.2, 0) is 7.05 Å². The van der Waals surface area contributed by atoms with Gasteiger partial charge in [0.25, 0.3) is 0 Å². The van der Waals surface area contributed by atoms with E-state index < -0.39 is 0 Å². The molecule has 9 heteroatoms. The van der Waals surface area contributed by atoms with Crippen molar-refractivity contribution in [3.8, 4) is 28.3 Å². The molecule has 1 N–H and O–H groups in total. The number of hydrogen-bond acceptors (Lipinski definition) is 8. The highest BCUT2D eigenvalue weighted by Crippen LogP contribution is 2.32. The van der Waals surface area contributed by atoms with Crippen molar-refractivity contribution in [3.05, 3.63) is 66.7 Å². The Morgan fingerprint density at radius 3 is 2.56 bits per heavy atom. The van der Waals surface area contributed by atoms with Gasteiger partial charge in [-0.2, -0.15) is 10.2 Å². The van der Waals surface area contributed by atoms with E-state index in [1.165, 1.54) is 0 Å². The summed E-state index contributed by atoms with van der Waals surface area (Å²) >= 11 is 0. The van der Waals surface area contributed by atoms with Crippen LogP contribution in [0, 0.1) is 6.92 Å². The number of aromatic nitrogens is 7. The van der Waals surface area contributed by atoms with Crippen LogP contribution in [0.5, 0.6) is 5.88 Å². The molecule has 5 heterocycles. The van der Waals surface area contributed by atoms with Crippen LogP contribution in [0.2, 0.25) is 0 Å². The number of pyridine rings is 3. The molecule has 0 unspecified atom stereocenters. The number of nitrogens with one attached hydrogen (secondary N) is 1. The van der Waals surface area contributed by atoms with Gasteiger partial charge in [0.1, 0.15) is 11.5 Å². The molecule has 0 aromatic carbocycles. The maximum absolute atomic E-state index is 5.16. The van der Waals surface area contributed by atoms with Gasteiger partial charge in [-0.15, -0.1) is 5.10 Å². The summed E-state index contributed by atoms with van der Waals surface area (Å²) in [7, 11) is 3.48. The number of anilines is 2. The zero-order chi connectivity index (χ0) is 22.1. The Hall–Kier alpha value is -4.40. The molecule has 5 rings (SSSR count). The Labute approximate surface area is 184 Å². The molecule has 5 aromatic rings. The first kappa shape index (κ1) is 19.6. The van der Waals surface area contributed by atoms with Crippen LogP contribution < -0.4 is 10.1 Å². The summed E-state index contributed by atoms with van der Waals surface area (Å²) in [5, 5.41) is 15.9. The molecule has 0 spiro atoms. The SMILES string of the molecule is COc1ccc(-c2nn(C)cc2-c2cnc3ccc(Nc4cc(C)cnn4)nc3c2)cn1.